The molecule has 1 aliphatic rings. The summed E-state index contributed by atoms with van der Waals surface area (Å²) in [5.41, 5.74) is -0.613. The van der Waals surface area contributed by atoms with E-state index in [2.05, 4.69) is 4.72 Å². The number of rotatable bonds is 3. The van der Waals surface area contributed by atoms with Crippen molar-refractivity contribution in [1.29, 1.82) is 0 Å². The minimum Gasteiger partial charge on any atom is -0.476 e. The quantitative estimate of drug-likeness (QED) is 0.885. The van der Waals surface area contributed by atoms with E-state index in [1.54, 1.807) is 0 Å². The van der Waals surface area contributed by atoms with Crippen LogP contribution in [0.25, 0.3) is 0 Å². The molecule has 6 nitrogen and oxygen atoms in total. The smallest absolute Gasteiger partial charge is 0.275 e. The number of amides is 1. The Bertz CT molecular complexity index is 1010. The van der Waals surface area contributed by atoms with Crippen molar-refractivity contribution in [1.82, 2.24) is 0 Å². The second kappa shape index (κ2) is 5.94. The Hall–Kier alpha value is -2.68. The van der Waals surface area contributed by atoms with Gasteiger partial charge in [-0.2, -0.15) is 0 Å². The molecule has 0 saturated heterocycles. The van der Waals surface area contributed by atoms with Gasteiger partial charge in [0.2, 0.25) is 10.0 Å². The first-order valence-electron chi connectivity index (χ1n) is 7.58. The van der Waals surface area contributed by atoms with Crippen molar-refractivity contribution in [3.8, 4) is 5.75 Å². The molecule has 0 unspecified atom stereocenters. The molecule has 1 N–H and O–H groups in total. The van der Waals surface area contributed by atoms with E-state index in [4.69, 9.17) is 4.74 Å². The predicted molar refractivity (Wildman–Crippen MR) is 93.1 cm³/mol. The Labute approximate surface area is 149 Å². The summed E-state index contributed by atoms with van der Waals surface area (Å²) in [6.45, 7) is 3.06. The second-order valence-electron chi connectivity index (χ2n) is 6.41. The molecule has 9 heteroatoms. The van der Waals surface area contributed by atoms with Crippen molar-refractivity contribution in [2.75, 3.05) is 15.9 Å². The van der Waals surface area contributed by atoms with Crippen molar-refractivity contribution >= 4 is 33.0 Å². The van der Waals surface area contributed by atoms with Crippen molar-refractivity contribution < 1.29 is 26.7 Å². The molecule has 2 aromatic carbocycles. The normalized spacial score (nSPS) is 16.0. The van der Waals surface area contributed by atoms with Gasteiger partial charge in [-0.1, -0.05) is 0 Å². The Kier molecular flexibility index (Phi) is 4.14. The summed E-state index contributed by atoms with van der Waals surface area (Å²) in [6.07, 6.45) is 1.01. The molecule has 138 valence electrons. The summed E-state index contributed by atoms with van der Waals surface area (Å²) >= 11 is 0. The Balaban J connectivity index is 2.14. The van der Waals surface area contributed by atoms with Crippen LogP contribution in [-0.2, 0) is 14.8 Å². The number of benzene rings is 2. The fourth-order valence-electron chi connectivity index (χ4n) is 2.64. The summed E-state index contributed by atoms with van der Waals surface area (Å²) in [4.78, 5) is 14.0. The molecule has 0 atom stereocenters. The summed E-state index contributed by atoms with van der Waals surface area (Å²) in [6, 6.07) is 7.47. The zero-order chi connectivity index (χ0) is 19.3. The molecule has 0 bridgehead atoms. The van der Waals surface area contributed by atoms with Gasteiger partial charge in [0.05, 0.1) is 23.3 Å². The van der Waals surface area contributed by atoms with Crippen LogP contribution in [0.15, 0.2) is 36.4 Å². The first kappa shape index (κ1) is 18.1. The topological polar surface area (TPSA) is 75.7 Å². The highest BCUT2D eigenvalue weighted by Gasteiger charge is 2.42. The molecule has 0 saturated carbocycles. The average molecular weight is 382 g/mol. The van der Waals surface area contributed by atoms with Crippen LogP contribution in [0.4, 0.5) is 25.8 Å². The lowest BCUT2D eigenvalue weighted by Crippen LogP contribution is -2.50. The molecule has 26 heavy (non-hydrogen) atoms. The van der Waals surface area contributed by atoms with Gasteiger partial charge < -0.3 is 4.74 Å². The highest BCUT2D eigenvalue weighted by Crippen LogP contribution is 2.43. The molecular weight excluding hydrogens is 366 g/mol. The van der Waals surface area contributed by atoms with Crippen LogP contribution >= 0.6 is 0 Å². The summed E-state index contributed by atoms with van der Waals surface area (Å²) in [7, 11) is -3.50. The van der Waals surface area contributed by atoms with Crippen LogP contribution in [0.5, 0.6) is 5.75 Å². The van der Waals surface area contributed by atoms with E-state index in [1.165, 1.54) is 43.0 Å². The van der Waals surface area contributed by atoms with E-state index in [-0.39, 0.29) is 17.1 Å². The number of hydrogen-bond donors (Lipinski definition) is 1. The zero-order valence-electron chi connectivity index (χ0n) is 14.2. The van der Waals surface area contributed by atoms with Crippen LogP contribution in [-0.4, -0.2) is 26.2 Å². The van der Waals surface area contributed by atoms with Crippen molar-refractivity contribution in [3.05, 3.63) is 48.0 Å². The van der Waals surface area contributed by atoms with Crippen LogP contribution in [0.1, 0.15) is 13.8 Å². The van der Waals surface area contributed by atoms with Gasteiger partial charge >= 0.3 is 0 Å². The molecule has 0 aliphatic carbocycles. The summed E-state index contributed by atoms with van der Waals surface area (Å²) in [5.74, 6) is -2.36. The Morgan fingerprint density at radius 3 is 2.38 bits per heavy atom. The van der Waals surface area contributed by atoms with E-state index < -0.39 is 33.2 Å². The third-order valence-corrected chi connectivity index (χ3v) is 4.36. The number of fused-ring (bicyclic) bond motifs is 1. The van der Waals surface area contributed by atoms with E-state index in [0.717, 1.165) is 18.4 Å². The Morgan fingerprint density at radius 2 is 1.77 bits per heavy atom. The number of nitrogens with zero attached hydrogens (tertiary/aromatic N) is 1. The number of nitrogens with one attached hydrogen (secondary N) is 1. The van der Waals surface area contributed by atoms with Crippen molar-refractivity contribution in [3.63, 3.8) is 0 Å². The van der Waals surface area contributed by atoms with Crippen LogP contribution in [0, 0.1) is 11.6 Å². The molecule has 2 aromatic rings. The number of carbonyl (C=O) groups is 1. The average Bonchev–Trinajstić information content (AvgIpc) is 2.50. The molecule has 0 fully saturated rings. The van der Waals surface area contributed by atoms with E-state index in [0.29, 0.717) is 5.69 Å². The van der Waals surface area contributed by atoms with Gasteiger partial charge in [0.15, 0.2) is 17.2 Å². The molecular formula is C17H16F2N2O4S. The van der Waals surface area contributed by atoms with Crippen molar-refractivity contribution in [2.45, 2.75) is 19.4 Å². The number of anilines is 3. The second-order valence-corrected chi connectivity index (χ2v) is 8.16. The number of sulfonamides is 1. The summed E-state index contributed by atoms with van der Waals surface area (Å²) < 4.78 is 57.8. The van der Waals surface area contributed by atoms with Gasteiger partial charge in [-0.3, -0.25) is 14.4 Å². The number of halogens is 2. The zero-order valence-corrected chi connectivity index (χ0v) is 15.0. The number of ether oxygens (including phenoxy) is 1. The standard InChI is InChI=1S/C17H16F2N2O4S/c1-17(2)16(22)21(11-5-6-12(18)13(19)9-11)14-7-4-10(8-15(14)25-17)20-26(3,23)24/h4-9,20H,1-3H3. The van der Waals surface area contributed by atoms with Gasteiger partial charge in [0.25, 0.3) is 5.91 Å². The van der Waals surface area contributed by atoms with Gasteiger partial charge in [-0.25, -0.2) is 17.2 Å². The molecule has 1 aliphatic heterocycles. The van der Waals surface area contributed by atoms with E-state index in [1.807, 2.05) is 0 Å². The fraction of sp³-hybridized carbons (Fsp3) is 0.235. The summed E-state index contributed by atoms with van der Waals surface area (Å²) in [5, 5.41) is 0. The third-order valence-electron chi connectivity index (χ3n) is 3.75. The number of carbonyl (C=O) groups excluding carboxylic acids is 1. The predicted octanol–water partition coefficient (Wildman–Crippen LogP) is 3.17. The van der Waals surface area contributed by atoms with Crippen LogP contribution in [0.3, 0.4) is 0 Å². The maximum atomic E-state index is 13.7. The van der Waals surface area contributed by atoms with Gasteiger partial charge in [-0.05, 0) is 38.1 Å². The first-order chi connectivity index (χ1) is 12.0. The SMILES string of the molecule is CC1(C)Oc2cc(NS(C)(=O)=O)ccc2N(c2ccc(F)c(F)c2)C1=O. The molecule has 1 heterocycles. The highest BCUT2D eigenvalue weighted by atomic mass is 32.2. The first-order valence-corrected chi connectivity index (χ1v) is 9.47. The molecule has 0 spiro atoms. The lowest BCUT2D eigenvalue weighted by molar-refractivity contribution is -0.131. The fourth-order valence-corrected chi connectivity index (χ4v) is 3.19. The minimum atomic E-state index is -3.50. The molecule has 3 rings (SSSR count). The Morgan fingerprint density at radius 1 is 1.08 bits per heavy atom. The lowest BCUT2D eigenvalue weighted by Gasteiger charge is -2.39. The molecule has 0 radical (unpaired) electrons. The number of hydrogen-bond acceptors (Lipinski definition) is 4. The molecule has 1 amide bonds. The minimum absolute atomic E-state index is 0.135. The highest BCUT2D eigenvalue weighted by molar-refractivity contribution is 7.92. The maximum absolute atomic E-state index is 13.7. The lowest BCUT2D eigenvalue weighted by atomic mass is 10.0. The largest absolute Gasteiger partial charge is 0.476 e. The van der Waals surface area contributed by atoms with Crippen LogP contribution in [0.2, 0.25) is 0 Å². The van der Waals surface area contributed by atoms with Crippen molar-refractivity contribution in [2.24, 2.45) is 0 Å². The monoisotopic (exact) mass is 382 g/mol. The van der Waals surface area contributed by atoms with Gasteiger partial charge in [0.1, 0.15) is 5.75 Å². The van der Waals surface area contributed by atoms with E-state index >= 15 is 0 Å². The maximum Gasteiger partial charge on any atom is 0.275 e. The molecule has 0 aromatic heterocycles. The van der Waals surface area contributed by atoms with E-state index in [9.17, 15) is 22.0 Å². The van der Waals surface area contributed by atoms with Crippen LogP contribution < -0.4 is 14.4 Å². The third kappa shape index (κ3) is 3.34. The van der Waals surface area contributed by atoms with Gasteiger partial charge in [-0.15, -0.1) is 0 Å². The van der Waals surface area contributed by atoms with Gasteiger partial charge in [0, 0.05) is 12.1 Å².